The Balaban J connectivity index is 1.41. The minimum atomic E-state index is 0.388. The maximum Gasteiger partial charge on any atom is 0.191 e. The molecule has 1 atom stereocenters. The molecule has 1 aromatic heterocycles. The maximum absolute atomic E-state index is 5.38. The highest BCUT2D eigenvalue weighted by Gasteiger charge is 2.26. The Morgan fingerprint density at radius 3 is 2.84 bits per heavy atom. The molecule has 2 fully saturated rings. The number of hydrogen-bond acceptors (Lipinski definition) is 4. The van der Waals surface area contributed by atoms with Gasteiger partial charge in [0.1, 0.15) is 0 Å². The Bertz CT molecular complexity index is 562. The van der Waals surface area contributed by atoms with Crippen molar-refractivity contribution in [1.82, 2.24) is 20.7 Å². The summed E-state index contributed by atoms with van der Waals surface area (Å²) in [7, 11) is 1.82. The van der Waals surface area contributed by atoms with Gasteiger partial charge in [0.2, 0.25) is 0 Å². The second-order valence-electron chi connectivity index (χ2n) is 7.84. The normalized spacial score (nSPS) is 22.9. The first kappa shape index (κ1) is 18.2. The van der Waals surface area contributed by atoms with Crippen LogP contribution in [0.1, 0.15) is 63.3 Å². The Kier molecular flexibility index (Phi) is 6.34. The van der Waals surface area contributed by atoms with Crippen molar-refractivity contribution in [2.24, 2.45) is 10.9 Å². The van der Waals surface area contributed by atoms with Crippen LogP contribution in [0.2, 0.25) is 0 Å². The summed E-state index contributed by atoms with van der Waals surface area (Å²) in [6, 6.07) is 2.50. The molecule has 1 aliphatic heterocycles. The van der Waals surface area contributed by atoms with Crippen LogP contribution in [0, 0.1) is 5.92 Å². The van der Waals surface area contributed by atoms with Crippen LogP contribution in [0.25, 0.3) is 0 Å². The van der Waals surface area contributed by atoms with E-state index in [9.17, 15) is 0 Å². The van der Waals surface area contributed by atoms with Gasteiger partial charge in [0.25, 0.3) is 0 Å². The van der Waals surface area contributed by atoms with Crippen molar-refractivity contribution in [1.29, 1.82) is 0 Å². The number of aromatic nitrogens is 1. The quantitative estimate of drug-likeness (QED) is 0.612. The first-order chi connectivity index (χ1) is 12.1. The molecule has 0 bridgehead atoms. The molecule has 6 heteroatoms. The Labute approximate surface area is 151 Å². The van der Waals surface area contributed by atoms with Crippen LogP contribution >= 0.6 is 0 Å². The molecule has 0 spiro atoms. The van der Waals surface area contributed by atoms with E-state index in [0.717, 1.165) is 29.9 Å². The molecule has 0 aromatic carbocycles. The zero-order valence-corrected chi connectivity index (χ0v) is 15.9. The summed E-state index contributed by atoms with van der Waals surface area (Å²) in [5, 5.41) is 11.0. The Morgan fingerprint density at radius 1 is 1.36 bits per heavy atom. The second kappa shape index (κ2) is 8.70. The third-order valence-electron chi connectivity index (χ3n) is 5.43. The number of nitrogens with zero attached hydrogens (tertiary/aromatic N) is 3. The summed E-state index contributed by atoms with van der Waals surface area (Å²) in [5.74, 6) is 3.01. The standard InChI is InChI=1S/C19H33N5O/c1-14(2)18-10-17(25-23-18)11-21-19(20-3)22-16-8-9-24(13-16)12-15-6-4-5-7-15/h10,14-16H,4-9,11-13H2,1-3H3,(H2,20,21,22). The van der Waals surface area contributed by atoms with Crippen LogP contribution < -0.4 is 10.6 Å². The highest BCUT2D eigenvalue weighted by atomic mass is 16.5. The van der Waals surface area contributed by atoms with E-state index in [4.69, 9.17) is 4.52 Å². The molecule has 25 heavy (non-hydrogen) atoms. The zero-order chi connectivity index (χ0) is 17.6. The first-order valence-electron chi connectivity index (χ1n) is 9.79. The molecule has 0 amide bonds. The molecule has 140 valence electrons. The van der Waals surface area contributed by atoms with Crippen molar-refractivity contribution >= 4 is 5.96 Å². The number of hydrogen-bond donors (Lipinski definition) is 2. The van der Waals surface area contributed by atoms with Crippen LogP contribution in [0.3, 0.4) is 0 Å². The van der Waals surface area contributed by atoms with E-state index in [2.05, 4.69) is 39.5 Å². The Morgan fingerprint density at radius 2 is 2.16 bits per heavy atom. The van der Waals surface area contributed by atoms with Gasteiger partial charge in [0, 0.05) is 38.8 Å². The van der Waals surface area contributed by atoms with E-state index in [-0.39, 0.29) is 0 Å². The van der Waals surface area contributed by atoms with Crippen molar-refractivity contribution in [3.05, 3.63) is 17.5 Å². The third-order valence-corrected chi connectivity index (χ3v) is 5.43. The largest absolute Gasteiger partial charge is 0.359 e. The van der Waals surface area contributed by atoms with E-state index < -0.39 is 0 Å². The summed E-state index contributed by atoms with van der Waals surface area (Å²) >= 11 is 0. The van der Waals surface area contributed by atoms with E-state index in [1.165, 1.54) is 45.2 Å². The molecule has 1 saturated carbocycles. The van der Waals surface area contributed by atoms with Gasteiger partial charge in [-0.1, -0.05) is 31.8 Å². The number of rotatable bonds is 6. The maximum atomic E-state index is 5.38. The van der Waals surface area contributed by atoms with Crippen molar-refractivity contribution in [2.75, 3.05) is 26.7 Å². The lowest BCUT2D eigenvalue weighted by molar-refractivity contribution is 0.275. The number of aliphatic imine (C=N–C) groups is 1. The molecule has 1 unspecified atom stereocenters. The van der Waals surface area contributed by atoms with Gasteiger partial charge in [-0.05, 0) is 31.1 Å². The summed E-state index contributed by atoms with van der Waals surface area (Å²) < 4.78 is 5.38. The molecule has 1 aromatic rings. The minimum Gasteiger partial charge on any atom is -0.359 e. The lowest BCUT2D eigenvalue weighted by Crippen LogP contribution is -2.44. The smallest absolute Gasteiger partial charge is 0.191 e. The van der Waals surface area contributed by atoms with E-state index in [1.807, 2.05) is 13.1 Å². The molecule has 2 heterocycles. The van der Waals surface area contributed by atoms with Crippen LogP contribution in [-0.2, 0) is 6.54 Å². The van der Waals surface area contributed by atoms with Crippen LogP contribution in [-0.4, -0.2) is 48.7 Å². The molecular weight excluding hydrogens is 314 g/mol. The molecule has 1 saturated heterocycles. The lowest BCUT2D eigenvalue weighted by Gasteiger charge is -2.21. The zero-order valence-electron chi connectivity index (χ0n) is 15.9. The predicted molar refractivity (Wildman–Crippen MR) is 101 cm³/mol. The summed E-state index contributed by atoms with van der Waals surface area (Å²) in [5.41, 5.74) is 0.998. The van der Waals surface area contributed by atoms with E-state index >= 15 is 0 Å². The Hall–Kier alpha value is -1.56. The van der Waals surface area contributed by atoms with E-state index in [0.29, 0.717) is 18.5 Å². The van der Waals surface area contributed by atoms with Gasteiger partial charge in [-0.2, -0.15) is 0 Å². The predicted octanol–water partition coefficient (Wildman–Crippen LogP) is 2.73. The molecule has 3 rings (SSSR count). The lowest BCUT2D eigenvalue weighted by atomic mass is 10.1. The monoisotopic (exact) mass is 347 g/mol. The number of guanidine groups is 1. The van der Waals surface area contributed by atoms with Gasteiger partial charge in [-0.3, -0.25) is 4.99 Å². The topological polar surface area (TPSA) is 65.7 Å². The molecule has 2 N–H and O–H groups in total. The SMILES string of the molecule is CN=C(NCc1cc(C(C)C)no1)NC1CCN(CC2CCCC2)C1. The fraction of sp³-hybridized carbons (Fsp3) is 0.789. The number of nitrogens with one attached hydrogen (secondary N) is 2. The van der Waals surface area contributed by atoms with Crippen LogP contribution in [0.5, 0.6) is 0 Å². The third kappa shape index (κ3) is 5.21. The van der Waals surface area contributed by atoms with Crippen molar-refractivity contribution in [3.8, 4) is 0 Å². The molecular formula is C19H33N5O. The second-order valence-corrected chi connectivity index (χ2v) is 7.84. The van der Waals surface area contributed by atoms with Crippen LogP contribution in [0.4, 0.5) is 0 Å². The minimum absolute atomic E-state index is 0.388. The number of likely N-dealkylation sites (tertiary alicyclic amines) is 1. The fourth-order valence-corrected chi connectivity index (χ4v) is 3.92. The highest BCUT2D eigenvalue weighted by Crippen LogP contribution is 2.26. The van der Waals surface area contributed by atoms with Crippen molar-refractivity contribution in [3.63, 3.8) is 0 Å². The van der Waals surface area contributed by atoms with Gasteiger partial charge in [0.05, 0.1) is 12.2 Å². The summed E-state index contributed by atoms with van der Waals surface area (Å²) in [6.07, 6.45) is 6.89. The molecule has 2 aliphatic rings. The average molecular weight is 348 g/mol. The molecule has 6 nitrogen and oxygen atoms in total. The van der Waals surface area contributed by atoms with Crippen molar-refractivity contribution < 1.29 is 4.52 Å². The average Bonchev–Trinajstić information content (AvgIpc) is 3.34. The molecule has 0 radical (unpaired) electrons. The molecule has 1 aliphatic carbocycles. The van der Waals surface area contributed by atoms with Gasteiger partial charge in [-0.25, -0.2) is 0 Å². The van der Waals surface area contributed by atoms with E-state index in [1.54, 1.807) is 0 Å². The van der Waals surface area contributed by atoms with Gasteiger partial charge in [0.15, 0.2) is 11.7 Å². The van der Waals surface area contributed by atoms with Gasteiger partial charge in [-0.15, -0.1) is 0 Å². The first-order valence-corrected chi connectivity index (χ1v) is 9.79. The van der Waals surface area contributed by atoms with Gasteiger partial charge < -0.3 is 20.1 Å². The summed E-state index contributed by atoms with van der Waals surface area (Å²) in [6.45, 7) is 8.44. The van der Waals surface area contributed by atoms with Gasteiger partial charge >= 0.3 is 0 Å². The van der Waals surface area contributed by atoms with Crippen LogP contribution in [0.15, 0.2) is 15.6 Å². The highest BCUT2D eigenvalue weighted by molar-refractivity contribution is 5.79. The fourth-order valence-electron chi connectivity index (χ4n) is 3.92. The summed E-state index contributed by atoms with van der Waals surface area (Å²) in [4.78, 5) is 6.97. The van der Waals surface area contributed by atoms with Crippen molar-refractivity contribution in [2.45, 2.75) is 64.5 Å².